The number of nitrogens with zero attached hydrogens (tertiary/aromatic N) is 17. The average molecular weight is 2200 g/mol. The lowest BCUT2D eigenvalue weighted by Gasteiger charge is -2.30. The molecular weight excluding hydrogens is 2100 g/mol. The summed E-state index contributed by atoms with van der Waals surface area (Å²) in [6, 6.07) is 0. The van der Waals surface area contributed by atoms with Crippen LogP contribution in [0.4, 0.5) is 35.3 Å². The molecule has 0 aliphatic carbocycles. The van der Waals surface area contributed by atoms with Gasteiger partial charge in [-0.3, -0.25) is 74.8 Å². The van der Waals surface area contributed by atoms with Gasteiger partial charge < -0.3 is 157 Å². The molecule has 11 unspecified atom stereocenters. The molecule has 71 heteroatoms. The minimum absolute atomic E-state index is 0.0235. The van der Waals surface area contributed by atoms with Crippen molar-refractivity contribution in [3.8, 4) is 0 Å². The zero-order chi connectivity index (χ0) is 103. The molecule has 62 nitrogen and oxygen atoms in total. The van der Waals surface area contributed by atoms with Crippen molar-refractivity contribution in [2.24, 2.45) is 0 Å². The summed E-state index contributed by atoms with van der Waals surface area (Å²) in [4.78, 5) is 182. The highest BCUT2D eigenvalue weighted by molar-refractivity contribution is 8.08. The highest BCUT2D eigenvalue weighted by Gasteiger charge is 2.58. The molecule has 0 saturated carbocycles. The van der Waals surface area contributed by atoms with E-state index < -0.39 is 237 Å². The van der Waals surface area contributed by atoms with Crippen LogP contribution in [0.1, 0.15) is 74.7 Å². The Morgan fingerprint density at radius 1 is 0.389 bits per heavy atom. The van der Waals surface area contributed by atoms with Gasteiger partial charge in [-0.05, 0) is 67.5 Å². The number of ether oxygens (including phenoxy) is 14. The normalized spacial score (nSPS) is 28.9. The predicted octanol–water partition coefficient (Wildman–Crippen LogP) is -2.11. The molecule has 6 aliphatic rings. The Balaban J connectivity index is 0.679. The van der Waals surface area contributed by atoms with Gasteiger partial charge in [0.2, 0.25) is 17.8 Å². The van der Waals surface area contributed by atoms with E-state index in [0.717, 1.165) is 21.8 Å². The van der Waals surface area contributed by atoms with Crippen molar-refractivity contribution in [3.63, 3.8) is 0 Å². The van der Waals surface area contributed by atoms with E-state index in [2.05, 4.69) is 69.8 Å². The third kappa shape index (κ3) is 24.4. The summed E-state index contributed by atoms with van der Waals surface area (Å²) in [5.41, 5.74) is 32.4. The second-order valence-electron chi connectivity index (χ2n) is 32.9. The van der Waals surface area contributed by atoms with E-state index in [1.165, 1.54) is 85.0 Å². The average Bonchev–Trinajstić information content (AvgIpc) is 1.62. The second kappa shape index (κ2) is 45.7. The SMILES string of the molecule is CC[C@H]1O[C@@H](n2cnc3c(=O)[nH]c(N)nc32)CC1OP(O)(=S)OC[C@H]1O[C@@H](n2cnc3c(=O)[nH]c(N)nc32)CC1OP(O)(=S)OC[C@H]1O[C@@H](n2cnc3c(N)ncnc32)[C@@H](OCCOC)C1OP(=O)(O)OC[C@H]1O[C@@H](n2cnc3c(=O)[nH]c(N)nc32)[C@@H](OCCOC)C1OP(O)(=S)OC[C@H]1O[C@@H](n2cc(C)c(N)nc2=O)[C@@H](OCCOC)C1OP(O)(=S)OC[C@H]1O[C@@H](n2cc(C)c(N)nc2=O)[C@@H](OCCOC)C1O. The Labute approximate surface area is 831 Å². The number of aromatic nitrogens is 20. The van der Waals surface area contributed by atoms with Gasteiger partial charge in [0.25, 0.3) is 16.7 Å². The fraction of sp³-hybridized carbons (Fsp3) is 0.616. The van der Waals surface area contributed by atoms with E-state index in [1.54, 1.807) is 13.8 Å². The summed E-state index contributed by atoms with van der Waals surface area (Å²) in [5, 5.41) is 11.8. The Morgan fingerprint density at radius 2 is 0.729 bits per heavy atom. The lowest BCUT2D eigenvalue weighted by molar-refractivity contribution is -0.0836. The van der Waals surface area contributed by atoms with Crippen LogP contribution in [0.5, 0.6) is 0 Å². The van der Waals surface area contributed by atoms with E-state index in [9.17, 15) is 53.5 Å². The molecule has 10 aromatic heterocycles. The number of nitrogens with two attached hydrogens (primary N) is 6. The number of aromatic amines is 3. The second-order valence-corrected chi connectivity index (χ2v) is 45.5. The molecule has 144 heavy (non-hydrogen) atoms. The van der Waals surface area contributed by atoms with Crippen LogP contribution in [0.15, 0.2) is 68.0 Å². The highest BCUT2D eigenvalue weighted by atomic mass is 32.5. The molecule has 16 heterocycles. The quantitative estimate of drug-likeness (QED) is 0.0143. The Hall–Kier alpha value is -8.21. The molecule has 0 amide bonds. The van der Waals surface area contributed by atoms with Gasteiger partial charge in [-0.15, -0.1) is 0 Å². The molecule has 6 fully saturated rings. The first-order valence-corrected chi connectivity index (χ1v) is 55.5. The summed E-state index contributed by atoms with van der Waals surface area (Å²) in [7, 11) is -0.360. The minimum atomic E-state index is -5.83. The first-order valence-electron chi connectivity index (χ1n) is 43.7. The summed E-state index contributed by atoms with van der Waals surface area (Å²) in [5.74, 6) is -1.21. The fourth-order valence-electron chi connectivity index (χ4n) is 16.7. The number of methoxy groups -OCH3 is 4. The third-order valence-electron chi connectivity index (χ3n) is 23.4. The molecule has 0 radical (unpaired) electrons. The van der Waals surface area contributed by atoms with E-state index in [4.69, 9.17) is 193 Å². The largest absolute Gasteiger partial charge is 0.472 e. The molecule has 21 N–H and O–H groups in total. The van der Waals surface area contributed by atoms with Crippen molar-refractivity contribution < 1.29 is 146 Å². The number of aliphatic hydroxyl groups excluding tert-OH is 1. The molecule has 10 aromatic rings. The number of anilines is 6. The number of aliphatic hydroxyl groups is 1. The maximum Gasteiger partial charge on any atom is 0.472 e. The lowest BCUT2D eigenvalue weighted by Crippen LogP contribution is -2.41. The van der Waals surface area contributed by atoms with Crippen molar-refractivity contribution in [2.45, 2.75) is 175 Å². The van der Waals surface area contributed by atoms with E-state index in [-0.39, 0.29) is 145 Å². The van der Waals surface area contributed by atoms with Crippen LogP contribution in [-0.4, -0.2) is 339 Å². The maximum absolute atomic E-state index is 15.5. The summed E-state index contributed by atoms with van der Waals surface area (Å²) in [6.07, 6.45) is -24.0. The van der Waals surface area contributed by atoms with Crippen molar-refractivity contribution in [1.29, 1.82) is 0 Å². The van der Waals surface area contributed by atoms with E-state index >= 15 is 4.57 Å². The van der Waals surface area contributed by atoms with Gasteiger partial charge in [0.1, 0.15) is 115 Å². The number of phosphoric ester groups is 1. The number of aryl methyl sites for hydroxylation is 2. The molecule has 6 saturated heterocycles. The number of fused-ring (bicyclic) bond motifs is 4. The number of H-pyrrole nitrogens is 3. The highest BCUT2D eigenvalue weighted by Crippen LogP contribution is 2.58. The molecule has 16 rings (SSSR count). The van der Waals surface area contributed by atoms with Crippen LogP contribution < -0.4 is 62.5 Å². The summed E-state index contributed by atoms with van der Waals surface area (Å²) >= 11 is 22.9. The van der Waals surface area contributed by atoms with Crippen LogP contribution >= 0.6 is 34.7 Å². The predicted molar refractivity (Wildman–Crippen MR) is 508 cm³/mol. The molecule has 790 valence electrons. The van der Waals surface area contributed by atoms with Crippen LogP contribution in [-0.2, 0) is 163 Å². The number of hydrogen-bond acceptors (Lipinski definition) is 52. The lowest BCUT2D eigenvalue weighted by atomic mass is 10.1. The van der Waals surface area contributed by atoms with Crippen molar-refractivity contribution in [3.05, 3.63) is 107 Å². The van der Waals surface area contributed by atoms with Crippen LogP contribution in [0, 0.1) is 13.8 Å². The first kappa shape index (κ1) is 109. The Morgan fingerprint density at radius 3 is 1.16 bits per heavy atom. The van der Waals surface area contributed by atoms with Crippen LogP contribution in [0.2, 0.25) is 0 Å². The Bertz CT molecular complexity index is 6850. The number of hydrogen-bond donors (Lipinski definition) is 15. The molecule has 0 bridgehead atoms. The fourth-order valence-corrected chi connectivity index (χ4v) is 23.5. The maximum atomic E-state index is 15.5. The number of rotatable bonds is 48. The monoisotopic (exact) mass is 2200 g/mol. The standard InChI is InChI=1S/C73H103N26O36P5S4/c1-8-33-34(17-41(125-33)96-27-83-44-59(96)88-69(77)91-62(44)101)131-137(108,141)121-21-36-35(18-42(126-36)97-28-84-45-60(97)89-70(78)92-63(45)102)132-138(109,142)123-24-39-48(52(117-14-10-113-5)67(130-39)98-29-82-43-57(76)80-26-81-58(43)98)133-136(106,107)120-23-38-49(54(119-16-12-115-7)68(129-38)99-30-85-46-61(99)90-71(79)93-64(46)103)134-140(111,144)124-25-40-50(53(118-15-11-114-6)66(128-40)95-20-32(3)56(75)87-73(95)105)135-139(110,143)122-22-37-47(100)51(116-13-9-112-4)65(127-37)94-19-31(2)55(74)86-72(94)104/h19-20,26-30,33-42,47-54,65-68,100H,8-18,21-25H2,1-7H3,(H,106,107)(H,108,141)(H,109,142)(H,110,143)(H,111,144)(H2,74,86,104)(H2,75,87,105)(H2,76,80,81)(H3,77,88,91,101)(H3,78,89,92,102)(H3,79,90,93,103)/t33-,34?,35?,36-,37-,38-,39-,40-,41-,42-,47?,48?,49?,50?,51+,52+,53+,54+,65-,66-,67-,68-,137?,138?,139?,140?/m1/s1. The number of nitrogen functional groups attached to an aromatic ring is 6. The van der Waals surface area contributed by atoms with Crippen LogP contribution in [0.3, 0.4) is 0 Å². The molecule has 27 atom stereocenters. The third-order valence-corrected chi connectivity index (χ3v) is 30.7. The molecule has 6 aliphatic heterocycles. The van der Waals surface area contributed by atoms with Gasteiger partial charge in [-0.1, -0.05) is 6.92 Å². The van der Waals surface area contributed by atoms with Gasteiger partial charge >= 0.3 is 46.1 Å². The number of imidazole rings is 4. The smallest absolute Gasteiger partial charge is 0.387 e. The molecule has 0 spiro atoms. The van der Waals surface area contributed by atoms with Gasteiger partial charge in [0.05, 0.1) is 130 Å². The van der Waals surface area contributed by atoms with Crippen LogP contribution in [0.25, 0.3) is 44.7 Å². The first-order chi connectivity index (χ1) is 68.6. The van der Waals surface area contributed by atoms with Crippen molar-refractivity contribution >= 4 is 162 Å². The number of nitrogens with one attached hydrogen (secondary N) is 3. The summed E-state index contributed by atoms with van der Waals surface area (Å²) < 4.78 is 170. The molecule has 0 aromatic carbocycles. The van der Waals surface area contributed by atoms with E-state index in [1.807, 2.05) is 0 Å². The number of phosphoric acid groups is 1. The van der Waals surface area contributed by atoms with Crippen molar-refractivity contribution in [1.82, 2.24) is 97.2 Å². The van der Waals surface area contributed by atoms with E-state index in [0.29, 0.717) is 12.0 Å². The van der Waals surface area contributed by atoms with Gasteiger partial charge in [0, 0.05) is 64.8 Å². The summed E-state index contributed by atoms with van der Waals surface area (Å²) in [6.45, 7) is -20.0. The molecular formula is C73H103N26O36P5S4. The van der Waals surface area contributed by atoms with Gasteiger partial charge in [-0.25, -0.2) is 44.1 Å². The zero-order valence-electron chi connectivity index (χ0n) is 76.9. The minimum Gasteiger partial charge on any atom is -0.387 e. The van der Waals surface area contributed by atoms with Crippen molar-refractivity contribution in [2.75, 3.05) is 149 Å². The Kier molecular flexibility index (Phi) is 34.4. The van der Waals surface area contributed by atoms with Gasteiger partial charge in [-0.2, -0.15) is 24.9 Å². The van der Waals surface area contributed by atoms with Gasteiger partial charge in [0.15, 0.2) is 69.9 Å². The topological polar surface area (TPSA) is 820 Å². The zero-order valence-corrected chi connectivity index (χ0v) is 84.7.